The molecule has 6 heteroatoms. The van der Waals surface area contributed by atoms with Crippen molar-refractivity contribution in [3.05, 3.63) is 67.8 Å². The lowest BCUT2D eigenvalue weighted by Crippen LogP contribution is -2.24. The summed E-state index contributed by atoms with van der Waals surface area (Å²) >= 11 is 4.70. The van der Waals surface area contributed by atoms with E-state index in [-0.39, 0.29) is 0 Å². The summed E-state index contributed by atoms with van der Waals surface area (Å²) in [5.74, 6) is 0.797. The number of benzene rings is 3. The fourth-order valence-electron chi connectivity index (χ4n) is 3.49. The van der Waals surface area contributed by atoms with Crippen LogP contribution in [0.25, 0.3) is 21.8 Å². The third kappa shape index (κ3) is 4.08. The molecule has 3 aromatic carbocycles. The van der Waals surface area contributed by atoms with Gasteiger partial charge in [0.25, 0.3) is 0 Å². The number of ether oxygens (including phenoxy) is 1. The van der Waals surface area contributed by atoms with E-state index >= 15 is 0 Å². The molecular weight excluding hydrogens is 578 g/mol. The first kappa shape index (κ1) is 19.8. The van der Waals surface area contributed by atoms with Gasteiger partial charge in [0.15, 0.2) is 0 Å². The van der Waals surface area contributed by atoms with Crippen molar-refractivity contribution in [3.8, 4) is 5.75 Å². The Morgan fingerprint density at radius 1 is 0.964 bits per heavy atom. The predicted molar refractivity (Wildman–Crippen MR) is 132 cm³/mol. The third-order valence-electron chi connectivity index (χ3n) is 4.79. The molecule has 4 rings (SSSR count). The van der Waals surface area contributed by atoms with Gasteiger partial charge in [-0.2, -0.15) is 0 Å². The zero-order valence-electron chi connectivity index (χ0n) is 15.3. The largest absolute Gasteiger partial charge is 0.497 e. The summed E-state index contributed by atoms with van der Waals surface area (Å²) in [5.41, 5.74) is 3.24. The Hall–Kier alpha value is -1.52. The average molecular weight is 598 g/mol. The van der Waals surface area contributed by atoms with Crippen LogP contribution in [-0.2, 0) is 6.54 Å². The van der Waals surface area contributed by atoms with Crippen LogP contribution in [0.4, 0.5) is 5.69 Å². The van der Waals surface area contributed by atoms with Gasteiger partial charge in [-0.25, -0.2) is 0 Å². The zero-order chi connectivity index (χ0) is 19.7. The van der Waals surface area contributed by atoms with Crippen LogP contribution in [0.15, 0.2) is 60.7 Å². The summed E-state index contributed by atoms with van der Waals surface area (Å²) < 4.78 is 9.89. The van der Waals surface area contributed by atoms with Crippen LogP contribution in [0.3, 0.4) is 0 Å². The number of rotatable bonds is 6. The maximum atomic E-state index is 10.7. The molecule has 1 aromatic heterocycles. The quantitative estimate of drug-likeness (QED) is 0.289. The minimum absolute atomic E-state index is 0.461. The van der Waals surface area contributed by atoms with Crippen molar-refractivity contribution in [2.45, 2.75) is 12.6 Å². The van der Waals surface area contributed by atoms with Crippen molar-refractivity contribution in [2.75, 3.05) is 19.0 Å². The molecule has 2 N–H and O–H groups in total. The maximum Gasteiger partial charge on any atom is 0.120 e. The number of hydrogen-bond donors (Lipinski definition) is 2. The van der Waals surface area contributed by atoms with E-state index in [2.05, 4.69) is 91.5 Å². The van der Waals surface area contributed by atoms with E-state index in [1.54, 1.807) is 7.11 Å². The van der Waals surface area contributed by atoms with E-state index in [9.17, 15) is 5.11 Å². The van der Waals surface area contributed by atoms with Gasteiger partial charge in [0, 0.05) is 47.2 Å². The SMILES string of the molecule is COc1cccc(NCC(O)Cn2c3ccc(I)cc3c3cc(I)ccc32)c1. The van der Waals surface area contributed by atoms with Crippen LogP contribution in [0, 0.1) is 7.14 Å². The van der Waals surface area contributed by atoms with Crippen molar-refractivity contribution in [3.63, 3.8) is 0 Å². The van der Waals surface area contributed by atoms with Gasteiger partial charge in [-0.1, -0.05) is 6.07 Å². The number of methoxy groups -OCH3 is 1. The van der Waals surface area contributed by atoms with E-state index in [1.807, 2.05) is 24.3 Å². The molecule has 0 amide bonds. The molecule has 0 aliphatic heterocycles. The van der Waals surface area contributed by atoms with Gasteiger partial charge in [0.05, 0.1) is 19.8 Å². The smallest absolute Gasteiger partial charge is 0.120 e. The molecule has 1 unspecified atom stereocenters. The highest BCUT2D eigenvalue weighted by Crippen LogP contribution is 2.31. The molecular formula is C22H20I2N2O2. The normalized spacial score (nSPS) is 12.4. The molecule has 144 valence electrons. The van der Waals surface area contributed by atoms with Crippen LogP contribution in [0.1, 0.15) is 0 Å². The average Bonchev–Trinajstić information content (AvgIpc) is 2.99. The predicted octanol–water partition coefficient (Wildman–Crippen LogP) is 5.49. The lowest BCUT2D eigenvalue weighted by Gasteiger charge is -2.16. The first-order chi connectivity index (χ1) is 13.5. The maximum absolute atomic E-state index is 10.7. The number of fused-ring (bicyclic) bond motifs is 3. The van der Waals surface area contributed by atoms with Gasteiger partial charge in [0.1, 0.15) is 5.75 Å². The summed E-state index contributed by atoms with van der Waals surface area (Å²) in [5, 5.41) is 16.5. The number of aromatic nitrogens is 1. The number of hydrogen-bond acceptors (Lipinski definition) is 3. The second kappa shape index (κ2) is 8.46. The number of aliphatic hydroxyl groups is 1. The number of halogens is 2. The minimum Gasteiger partial charge on any atom is -0.497 e. The summed E-state index contributed by atoms with van der Waals surface area (Å²) in [6.07, 6.45) is -0.524. The lowest BCUT2D eigenvalue weighted by molar-refractivity contribution is 0.169. The minimum atomic E-state index is -0.524. The molecule has 0 aliphatic carbocycles. The van der Waals surface area contributed by atoms with Crippen molar-refractivity contribution >= 4 is 72.7 Å². The molecule has 0 bridgehead atoms. The lowest BCUT2D eigenvalue weighted by atomic mass is 10.2. The van der Waals surface area contributed by atoms with E-state index in [4.69, 9.17) is 4.74 Å². The second-order valence-electron chi connectivity index (χ2n) is 6.70. The Kier molecular flexibility index (Phi) is 5.98. The Morgan fingerprint density at radius 2 is 1.61 bits per heavy atom. The van der Waals surface area contributed by atoms with E-state index in [1.165, 1.54) is 17.9 Å². The molecule has 0 spiro atoms. The van der Waals surface area contributed by atoms with Gasteiger partial charge in [0.2, 0.25) is 0 Å². The Bertz CT molecular complexity index is 1080. The monoisotopic (exact) mass is 598 g/mol. The molecule has 1 atom stereocenters. The van der Waals surface area contributed by atoms with Crippen molar-refractivity contribution in [1.82, 2.24) is 4.57 Å². The standard InChI is InChI=1S/C22H20I2N2O2/c1-28-18-4-2-3-16(11-18)25-12-17(27)13-26-21-7-5-14(23)9-19(21)20-10-15(24)6-8-22(20)26/h2-11,17,25,27H,12-13H2,1H3. The number of aliphatic hydroxyl groups excluding tert-OH is 1. The first-order valence-corrected chi connectivity index (χ1v) is 11.1. The third-order valence-corrected chi connectivity index (χ3v) is 6.14. The van der Waals surface area contributed by atoms with Gasteiger partial charge >= 0.3 is 0 Å². The topological polar surface area (TPSA) is 46.4 Å². The summed E-state index contributed by atoms with van der Waals surface area (Å²) in [4.78, 5) is 0. The summed E-state index contributed by atoms with van der Waals surface area (Å²) in [6, 6.07) is 20.7. The van der Waals surface area contributed by atoms with Crippen LogP contribution in [0.2, 0.25) is 0 Å². The summed E-state index contributed by atoms with van der Waals surface area (Å²) in [7, 11) is 1.65. The first-order valence-electron chi connectivity index (χ1n) is 8.98. The molecule has 4 nitrogen and oxygen atoms in total. The van der Waals surface area contributed by atoms with Crippen LogP contribution in [-0.4, -0.2) is 29.4 Å². The molecule has 0 saturated heterocycles. The second-order valence-corrected chi connectivity index (χ2v) is 9.19. The molecule has 4 aromatic rings. The van der Waals surface area contributed by atoms with Crippen LogP contribution < -0.4 is 10.1 Å². The highest BCUT2D eigenvalue weighted by Gasteiger charge is 2.14. The molecule has 0 radical (unpaired) electrons. The van der Waals surface area contributed by atoms with Crippen LogP contribution >= 0.6 is 45.2 Å². The number of nitrogens with zero attached hydrogens (tertiary/aromatic N) is 1. The van der Waals surface area contributed by atoms with Crippen molar-refractivity contribution in [2.24, 2.45) is 0 Å². The Morgan fingerprint density at radius 3 is 2.21 bits per heavy atom. The van der Waals surface area contributed by atoms with Gasteiger partial charge in [-0.05, 0) is 93.7 Å². The molecule has 28 heavy (non-hydrogen) atoms. The fraction of sp³-hybridized carbons (Fsp3) is 0.182. The molecule has 0 aliphatic rings. The highest BCUT2D eigenvalue weighted by molar-refractivity contribution is 14.1. The fourth-order valence-corrected chi connectivity index (χ4v) is 4.47. The van der Waals surface area contributed by atoms with Gasteiger partial charge < -0.3 is 19.7 Å². The van der Waals surface area contributed by atoms with E-state index in [0.29, 0.717) is 13.1 Å². The van der Waals surface area contributed by atoms with Gasteiger partial charge in [-0.15, -0.1) is 0 Å². The molecule has 0 saturated carbocycles. The summed E-state index contributed by atoms with van der Waals surface area (Å²) in [6.45, 7) is 0.987. The van der Waals surface area contributed by atoms with Gasteiger partial charge in [-0.3, -0.25) is 0 Å². The van der Waals surface area contributed by atoms with E-state index in [0.717, 1.165) is 22.5 Å². The molecule has 1 heterocycles. The Labute approximate surface area is 191 Å². The number of nitrogens with one attached hydrogen (secondary N) is 1. The van der Waals surface area contributed by atoms with Crippen molar-refractivity contribution < 1.29 is 9.84 Å². The Balaban J connectivity index is 1.61. The highest BCUT2D eigenvalue weighted by atomic mass is 127. The van der Waals surface area contributed by atoms with Crippen LogP contribution in [0.5, 0.6) is 5.75 Å². The number of anilines is 1. The molecule has 0 fully saturated rings. The van der Waals surface area contributed by atoms with Crippen molar-refractivity contribution in [1.29, 1.82) is 0 Å². The zero-order valence-corrected chi connectivity index (χ0v) is 19.6. The van der Waals surface area contributed by atoms with E-state index < -0.39 is 6.10 Å².